The molecule has 118 valence electrons. The molecule has 0 spiro atoms. The van der Waals surface area contributed by atoms with Gasteiger partial charge in [-0.3, -0.25) is 4.79 Å². The van der Waals surface area contributed by atoms with Gasteiger partial charge in [0, 0.05) is 16.6 Å². The summed E-state index contributed by atoms with van der Waals surface area (Å²) in [5.41, 5.74) is 4.05. The van der Waals surface area contributed by atoms with Crippen LogP contribution < -0.4 is 5.32 Å². The number of nitrogens with one attached hydrogen (secondary N) is 1. The third-order valence-electron chi connectivity index (χ3n) is 3.57. The van der Waals surface area contributed by atoms with Gasteiger partial charge in [0.2, 0.25) is 5.91 Å². The van der Waals surface area contributed by atoms with Crippen molar-refractivity contribution in [3.8, 4) is 5.69 Å². The Hall–Kier alpha value is -2.40. The van der Waals surface area contributed by atoms with Crippen molar-refractivity contribution in [1.82, 2.24) is 15.0 Å². The van der Waals surface area contributed by atoms with Gasteiger partial charge in [-0.25, -0.2) is 0 Å². The Morgan fingerprint density at radius 1 is 1.13 bits per heavy atom. The van der Waals surface area contributed by atoms with Gasteiger partial charge in [-0.15, -0.1) is 10.2 Å². The summed E-state index contributed by atoms with van der Waals surface area (Å²) in [4.78, 5) is 13.5. The van der Waals surface area contributed by atoms with Crippen LogP contribution in [0.25, 0.3) is 16.7 Å². The fourth-order valence-corrected chi connectivity index (χ4v) is 2.30. The Labute approximate surface area is 139 Å². The molecule has 1 heterocycles. The van der Waals surface area contributed by atoms with E-state index >= 15 is 0 Å². The highest BCUT2D eigenvalue weighted by atomic mass is 35.5. The Balaban J connectivity index is 2.00. The number of hydrogen-bond donors (Lipinski definition) is 1. The van der Waals surface area contributed by atoms with Crippen LogP contribution in [-0.2, 0) is 4.79 Å². The predicted molar refractivity (Wildman–Crippen MR) is 92.1 cm³/mol. The summed E-state index contributed by atoms with van der Waals surface area (Å²) in [5.74, 6) is -0.0904. The maximum atomic E-state index is 11.9. The number of carbonyl (C=O) groups is 1. The van der Waals surface area contributed by atoms with Gasteiger partial charge < -0.3 is 5.32 Å². The van der Waals surface area contributed by atoms with Gasteiger partial charge in [-0.1, -0.05) is 25.4 Å². The van der Waals surface area contributed by atoms with Gasteiger partial charge in [-0.2, -0.15) is 4.80 Å². The van der Waals surface area contributed by atoms with Crippen molar-refractivity contribution in [3.63, 3.8) is 0 Å². The summed E-state index contributed by atoms with van der Waals surface area (Å²) in [6.45, 7) is 5.66. The van der Waals surface area contributed by atoms with Crippen LogP contribution in [-0.4, -0.2) is 20.9 Å². The largest absolute Gasteiger partial charge is 0.326 e. The standard InChI is InChI=1S/C17H17ClN4O/c1-10(2)17(23)19-14-9-16-15(8-11(14)3)20-22(21-16)13-6-4-12(18)5-7-13/h4-10H,1-3H3,(H,19,23). The second-order valence-corrected chi connectivity index (χ2v) is 6.20. The van der Waals surface area contributed by atoms with Crippen molar-refractivity contribution in [3.05, 3.63) is 47.0 Å². The molecule has 0 atom stereocenters. The van der Waals surface area contributed by atoms with E-state index in [-0.39, 0.29) is 11.8 Å². The molecule has 0 saturated heterocycles. The third kappa shape index (κ3) is 3.19. The zero-order valence-corrected chi connectivity index (χ0v) is 13.9. The van der Waals surface area contributed by atoms with Gasteiger partial charge in [0.1, 0.15) is 11.0 Å². The van der Waals surface area contributed by atoms with Crippen LogP contribution in [0.3, 0.4) is 0 Å². The summed E-state index contributed by atoms with van der Waals surface area (Å²) in [6.07, 6.45) is 0. The first kappa shape index (κ1) is 15.5. The van der Waals surface area contributed by atoms with E-state index in [1.807, 2.05) is 45.0 Å². The molecule has 2 aromatic carbocycles. The minimum atomic E-state index is -0.0742. The molecule has 1 aromatic heterocycles. The van der Waals surface area contributed by atoms with Crippen LogP contribution in [0.15, 0.2) is 36.4 Å². The number of aryl methyl sites for hydroxylation is 1. The van der Waals surface area contributed by atoms with Gasteiger partial charge in [0.15, 0.2) is 0 Å². The van der Waals surface area contributed by atoms with Crippen molar-refractivity contribution in [2.24, 2.45) is 5.92 Å². The molecule has 23 heavy (non-hydrogen) atoms. The zero-order valence-electron chi connectivity index (χ0n) is 13.2. The SMILES string of the molecule is Cc1cc2nn(-c3ccc(Cl)cc3)nc2cc1NC(=O)C(C)C. The number of nitrogens with zero attached hydrogens (tertiary/aromatic N) is 3. The highest BCUT2D eigenvalue weighted by Crippen LogP contribution is 2.23. The van der Waals surface area contributed by atoms with Gasteiger partial charge >= 0.3 is 0 Å². The number of aromatic nitrogens is 3. The summed E-state index contributed by atoms with van der Waals surface area (Å²) < 4.78 is 0. The molecular formula is C17H17ClN4O. The molecule has 0 unspecified atom stereocenters. The highest BCUT2D eigenvalue weighted by molar-refractivity contribution is 6.30. The van der Waals surface area contributed by atoms with Gasteiger partial charge in [0.25, 0.3) is 0 Å². The van der Waals surface area contributed by atoms with E-state index in [0.717, 1.165) is 28.0 Å². The van der Waals surface area contributed by atoms with Crippen molar-refractivity contribution in [2.45, 2.75) is 20.8 Å². The summed E-state index contributed by atoms with van der Waals surface area (Å²) in [5, 5.41) is 12.5. The van der Waals surface area contributed by atoms with Crippen molar-refractivity contribution in [1.29, 1.82) is 0 Å². The summed E-state index contributed by atoms with van der Waals surface area (Å²) >= 11 is 5.90. The van der Waals surface area contributed by atoms with Crippen LogP contribution in [0.2, 0.25) is 5.02 Å². The van der Waals surface area contributed by atoms with E-state index in [0.29, 0.717) is 5.02 Å². The lowest BCUT2D eigenvalue weighted by Gasteiger charge is -2.09. The number of amides is 1. The maximum Gasteiger partial charge on any atom is 0.226 e. The van der Waals surface area contributed by atoms with Crippen LogP contribution >= 0.6 is 11.6 Å². The fraction of sp³-hybridized carbons (Fsp3) is 0.235. The molecule has 0 aliphatic heterocycles. The Morgan fingerprint density at radius 3 is 2.35 bits per heavy atom. The molecule has 0 radical (unpaired) electrons. The molecule has 3 aromatic rings. The monoisotopic (exact) mass is 328 g/mol. The number of rotatable bonds is 3. The molecule has 0 aliphatic rings. The number of carbonyl (C=O) groups excluding carboxylic acids is 1. The first-order valence-electron chi connectivity index (χ1n) is 7.38. The topological polar surface area (TPSA) is 59.8 Å². The molecule has 1 N–H and O–H groups in total. The Bertz CT molecular complexity index is 868. The quantitative estimate of drug-likeness (QED) is 0.791. The van der Waals surface area contributed by atoms with Crippen LogP contribution in [0.4, 0.5) is 5.69 Å². The normalized spacial score (nSPS) is 11.2. The number of halogens is 1. The molecule has 5 nitrogen and oxygen atoms in total. The molecule has 3 rings (SSSR count). The third-order valence-corrected chi connectivity index (χ3v) is 3.82. The Morgan fingerprint density at radius 2 is 1.74 bits per heavy atom. The number of fused-ring (bicyclic) bond motifs is 1. The fourth-order valence-electron chi connectivity index (χ4n) is 2.17. The van der Waals surface area contributed by atoms with Gasteiger partial charge in [0.05, 0.1) is 5.69 Å². The van der Waals surface area contributed by atoms with E-state index in [1.165, 1.54) is 0 Å². The van der Waals surface area contributed by atoms with E-state index in [9.17, 15) is 4.79 Å². The molecule has 0 aliphatic carbocycles. The molecule has 6 heteroatoms. The molecule has 0 saturated carbocycles. The van der Waals surface area contributed by atoms with Gasteiger partial charge in [-0.05, 0) is 48.9 Å². The molecule has 0 fully saturated rings. The van der Waals surface area contributed by atoms with E-state index < -0.39 is 0 Å². The molecule has 1 amide bonds. The summed E-state index contributed by atoms with van der Waals surface area (Å²) in [7, 11) is 0. The first-order chi connectivity index (χ1) is 10.9. The molecule has 0 bridgehead atoms. The molecular weight excluding hydrogens is 312 g/mol. The number of hydrogen-bond acceptors (Lipinski definition) is 3. The van der Waals surface area contributed by atoms with Crippen molar-refractivity contribution in [2.75, 3.05) is 5.32 Å². The van der Waals surface area contributed by atoms with Crippen molar-refractivity contribution < 1.29 is 4.79 Å². The first-order valence-corrected chi connectivity index (χ1v) is 7.76. The van der Waals surface area contributed by atoms with Crippen molar-refractivity contribution >= 4 is 34.2 Å². The van der Waals surface area contributed by atoms with Crippen LogP contribution in [0.1, 0.15) is 19.4 Å². The second-order valence-electron chi connectivity index (χ2n) is 5.77. The minimum absolute atomic E-state index is 0.0162. The summed E-state index contributed by atoms with van der Waals surface area (Å²) in [6, 6.07) is 11.1. The second kappa shape index (κ2) is 6.01. The lowest BCUT2D eigenvalue weighted by molar-refractivity contribution is -0.118. The van der Waals surface area contributed by atoms with Crippen LogP contribution in [0.5, 0.6) is 0 Å². The number of benzene rings is 2. The predicted octanol–water partition coefficient (Wildman–Crippen LogP) is 3.98. The van der Waals surface area contributed by atoms with E-state index in [4.69, 9.17) is 11.6 Å². The lowest BCUT2D eigenvalue weighted by Crippen LogP contribution is -2.18. The van der Waals surface area contributed by atoms with E-state index in [2.05, 4.69) is 15.5 Å². The smallest absolute Gasteiger partial charge is 0.226 e. The van der Waals surface area contributed by atoms with E-state index in [1.54, 1.807) is 16.9 Å². The zero-order chi connectivity index (χ0) is 16.6. The lowest BCUT2D eigenvalue weighted by atomic mass is 10.1. The highest BCUT2D eigenvalue weighted by Gasteiger charge is 2.12. The minimum Gasteiger partial charge on any atom is -0.326 e. The maximum absolute atomic E-state index is 11.9. The average molecular weight is 329 g/mol. The Kier molecular flexibility index (Phi) is 4.05. The average Bonchev–Trinajstić information content (AvgIpc) is 2.90. The number of anilines is 1. The van der Waals surface area contributed by atoms with Crippen LogP contribution in [0, 0.1) is 12.8 Å².